The molecule has 0 bridgehead atoms. The number of anilines is 1. The lowest BCUT2D eigenvalue weighted by Gasteiger charge is -2.13. The van der Waals surface area contributed by atoms with E-state index >= 15 is 0 Å². The van der Waals surface area contributed by atoms with Crippen molar-refractivity contribution in [2.75, 3.05) is 5.32 Å². The lowest BCUT2D eigenvalue weighted by atomic mass is 10.0. The molecule has 0 aromatic heterocycles. The van der Waals surface area contributed by atoms with E-state index in [9.17, 15) is 4.79 Å². The van der Waals surface area contributed by atoms with Gasteiger partial charge in [0, 0.05) is 5.69 Å². The Hall–Kier alpha value is 0.260. The van der Waals surface area contributed by atoms with Gasteiger partial charge in [-0.1, -0.05) is 24.3 Å². The van der Waals surface area contributed by atoms with Crippen LogP contribution in [0.15, 0.2) is 53.5 Å². The first kappa shape index (κ1) is 23.5. The van der Waals surface area contributed by atoms with Crippen LogP contribution in [0.2, 0.25) is 0 Å². The van der Waals surface area contributed by atoms with Crippen molar-refractivity contribution in [2.24, 2.45) is 4.99 Å². The van der Waals surface area contributed by atoms with E-state index in [4.69, 9.17) is 4.74 Å². The van der Waals surface area contributed by atoms with Crippen LogP contribution >= 0.6 is 95.6 Å². The van der Waals surface area contributed by atoms with Crippen molar-refractivity contribution < 1.29 is 9.53 Å². The van der Waals surface area contributed by atoms with Crippen LogP contribution in [0.5, 0.6) is 0 Å². The lowest BCUT2D eigenvalue weighted by molar-refractivity contribution is -0.114. The number of amides is 1. The lowest BCUT2D eigenvalue weighted by Crippen LogP contribution is -2.25. The Labute approximate surface area is 207 Å². The van der Waals surface area contributed by atoms with Gasteiger partial charge in [0.2, 0.25) is 2.14 Å². The standard InChI is InChI=1S/C17H12Br6N2O2/c18-16(19,20)15(26)25-14-6-2-4-12(9-14)7-11-3-1-5-13(8-11)24-10-27-17(21,22)23/h1-6,8-10H,7H2,(H,25,26). The van der Waals surface area contributed by atoms with Gasteiger partial charge in [0.15, 0.2) is 6.40 Å². The molecular weight excluding hydrogens is 744 g/mol. The third-order valence-corrected chi connectivity index (χ3v) is 4.79. The third-order valence-electron chi connectivity index (χ3n) is 3.15. The zero-order valence-corrected chi connectivity index (χ0v) is 23.0. The molecule has 144 valence electrons. The van der Waals surface area contributed by atoms with Gasteiger partial charge in [-0.15, -0.1) is 0 Å². The Balaban J connectivity index is 2.08. The first-order chi connectivity index (χ1) is 12.5. The third kappa shape index (κ3) is 9.08. The van der Waals surface area contributed by atoms with E-state index in [-0.39, 0.29) is 5.91 Å². The number of benzene rings is 2. The number of aliphatic imine (C=N–C) groups is 1. The summed E-state index contributed by atoms with van der Waals surface area (Å²) in [5, 5.41) is 2.83. The molecule has 0 aliphatic carbocycles. The topological polar surface area (TPSA) is 50.7 Å². The number of nitrogens with one attached hydrogen (secondary N) is 1. The summed E-state index contributed by atoms with van der Waals surface area (Å²) in [5.41, 5.74) is 3.64. The van der Waals surface area contributed by atoms with Gasteiger partial charge in [0.25, 0.3) is 8.24 Å². The SMILES string of the molecule is O=C(Nc1cccc(Cc2cccc(N=COC(Br)(Br)Br)c2)c1)C(Br)(Br)Br. The first-order valence-corrected chi connectivity index (χ1v) is 12.1. The van der Waals surface area contributed by atoms with Gasteiger partial charge < -0.3 is 10.1 Å². The monoisotopic (exact) mass is 750 g/mol. The molecule has 2 rings (SSSR count). The zero-order chi connectivity index (χ0) is 20.1. The van der Waals surface area contributed by atoms with Crippen molar-refractivity contribution in [3.05, 3.63) is 59.7 Å². The number of rotatable bonds is 5. The molecule has 27 heavy (non-hydrogen) atoms. The van der Waals surface area contributed by atoms with Crippen LogP contribution in [-0.2, 0) is 16.0 Å². The molecule has 0 aliphatic rings. The second kappa shape index (κ2) is 10.3. The Bertz CT molecular complexity index is 831. The summed E-state index contributed by atoms with van der Waals surface area (Å²) >= 11 is 19.3. The second-order valence-electron chi connectivity index (χ2n) is 5.30. The van der Waals surface area contributed by atoms with E-state index < -0.39 is 4.47 Å². The molecule has 0 unspecified atom stereocenters. The number of ether oxygens (including phenoxy) is 1. The molecule has 0 fully saturated rings. The van der Waals surface area contributed by atoms with Crippen molar-refractivity contribution in [2.45, 2.75) is 10.9 Å². The molecule has 0 heterocycles. The summed E-state index contributed by atoms with van der Waals surface area (Å²) < 4.78 is 3.46. The molecular formula is C17H12Br6N2O2. The van der Waals surface area contributed by atoms with Crippen LogP contribution in [0.3, 0.4) is 0 Å². The number of alkyl halides is 6. The number of carbonyl (C=O) groups is 1. The largest absolute Gasteiger partial charge is 0.446 e. The molecule has 0 aliphatic heterocycles. The van der Waals surface area contributed by atoms with Crippen LogP contribution in [0.25, 0.3) is 0 Å². The van der Waals surface area contributed by atoms with Crippen molar-refractivity contribution in [3.63, 3.8) is 0 Å². The van der Waals surface area contributed by atoms with Crippen LogP contribution < -0.4 is 5.32 Å². The summed E-state index contributed by atoms with van der Waals surface area (Å²) in [6, 6.07) is 15.5. The minimum atomic E-state index is -0.992. The predicted molar refractivity (Wildman–Crippen MR) is 133 cm³/mol. The fourth-order valence-corrected chi connectivity index (χ4v) is 2.64. The van der Waals surface area contributed by atoms with Gasteiger partial charge >= 0.3 is 0 Å². The first-order valence-electron chi connectivity index (χ1n) is 7.36. The fourth-order valence-electron chi connectivity index (χ4n) is 2.09. The molecule has 1 amide bonds. The Morgan fingerprint density at radius 3 is 2.26 bits per heavy atom. The van der Waals surface area contributed by atoms with E-state index in [1.165, 1.54) is 6.40 Å². The van der Waals surface area contributed by atoms with Gasteiger partial charge in [0.05, 0.1) is 5.69 Å². The highest BCUT2D eigenvalue weighted by Gasteiger charge is 2.28. The van der Waals surface area contributed by atoms with Gasteiger partial charge in [-0.25, -0.2) is 4.99 Å². The predicted octanol–water partition coefficient (Wildman–Crippen LogP) is 7.53. The van der Waals surface area contributed by atoms with Crippen molar-refractivity contribution >= 4 is 119 Å². The highest BCUT2D eigenvalue weighted by atomic mass is 80.0. The molecule has 2 aromatic carbocycles. The average Bonchev–Trinajstić information content (AvgIpc) is 2.53. The molecule has 0 radical (unpaired) electrons. The van der Waals surface area contributed by atoms with Crippen molar-refractivity contribution in [1.82, 2.24) is 0 Å². The summed E-state index contributed by atoms with van der Waals surface area (Å²) in [5.74, 6) is -0.252. The van der Waals surface area contributed by atoms with Crippen LogP contribution in [0, 0.1) is 0 Å². The van der Waals surface area contributed by atoms with Crippen LogP contribution in [0.4, 0.5) is 11.4 Å². The zero-order valence-electron chi connectivity index (χ0n) is 13.4. The highest BCUT2D eigenvalue weighted by molar-refractivity contribution is 9.40. The molecule has 4 nitrogen and oxygen atoms in total. The number of hydrogen-bond acceptors (Lipinski definition) is 3. The molecule has 0 atom stereocenters. The summed E-state index contributed by atoms with van der Waals surface area (Å²) in [7, 11) is 0. The highest BCUT2D eigenvalue weighted by Crippen LogP contribution is 2.35. The maximum atomic E-state index is 12.0. The minimum absolute atomic E-state index is 0.252. The quantitative estimate of drug-likeness (QED) is 0.195. The summed E-state index contributed by atoms with van der Waals surface area (Å²) in [4.78, 5) is 16.3. The maximum absolute atomic E-state index is 12.0. The second-order valence-corrected chi connectivity index (χ2v) is 18.6. The average molecular weight is 756 g/mol. The van der Waals surface area contributed by atoms with E-state index in [0.29, 0.717) is 12.1 Å². The fraction of sp³-hybridized carbons (Fsp3) is 0.176. The molecule has 0 saturated heterocycles. The smallest absolute Gasteiger partial charge is 0.273 e. The molecule has 10 heteroatoms. The van der Waals surface area contributed by atoms with Gasteiger partial charge in [0.1, 0.15) is 0 Å². The van der Waals surface area contributed by atoms with Crippen molar-refractivity contribution in [3.8, 4) is 0 Å². The van der Waals surface area contributed by atoms with Crippen LogP contribution in [-0.4, -0.2) is 16.8 Å². The molecule has 1 N–H and O–H groups in total. The number of halogens is 6. The summed E-state index contributed by atoms with van der Waals surface area (Å²) in [6.45, 7) is 0. The van der Waals surface area contributed by atoms with Gasteiger partial charge in [-0.3, -0.25) is 4.79 Å². The maximum Gasteiger partial charge on any atom is 0.273 e. The Morgan fingerprint density at radius 2 is 1.63 bits per heavy atom. The normalized spacial score (nSPS) is 12.2. The molecule has 2 aromatic rings. The Morgan fingerprint density at radius 1 is 1.00 bits per heavy atom. The number of hydrogen-bond donors (Lipinski definition) is 1. The van der Waals surface area contributed by atoms with Crippen LogP contribution in [0.1, 0.15) is 11.1 Å². The number of nitrogens with zero attached hydrogens (tertiary/aromatic N) is 1. The van der Waals surface area contributed by atoms with Gasteiger partial charge in [-0.05, 0) is 137 Å². The Kier molecular flexibility index (Phi) is 9.01. The van der Waals surface area contributed by atoms with E-state index in [1.54, 1.807) is 0 Å². The number of carbonyl (C=O) groups excluding carboxylic acids is 1. The molecule has 0 spiro atoms. The summed E-state index contributed by atoms with van der Waals surface area (Å²) in [6.07, 6.45) is 2.05. The minimum Gasteiger partial charge on any atom is -0.446 e. The van der Waals surface area contributed by atoms with E-state index in [0.717, 1.165) is 16.8 Å². The van der Waals surface area contributed by atoms with E-state index in [2.05, 4.69) is 106 Å². The van der Waals surface area contributed by atoms with Crippen molar-refractivity contribution in [1.29, 1.82) is 0 Å². The molecule has 0 saturated carbocycles. The van der Waals surface area contributed by atoms with E-state index in [1.807, 2.05) is 48.5 Å². The van der Waals surface area contributed by atoms with Gasteiger partial charge in [-0.2, -0.15) is 0 Å².